The second-order valence-corrected chi connectivity index (χ2v) is 6.93. The Labute approximate surface area is 148 Å². The van der Waals surface area contributed by atoms with Gasteiger partial charge in [-0.25, -0.2) is 10.2 Å². The van der Waals surface area contributed by atoms with Crippen molar-refractivity contribution in [2.24, 2.45) is 10.5 Å². The first kappa shape index (κ1) is 18.5. The lowest BCUT2D eigenvalue weighted by molar-refractivity contribution is -0.137. The molecule has 0 radical (unpaired) electrons. The number of alkyl halides is 3. The smallest absolute Gasteiger partial charge is 0.396 e. The summed E-state index contributed by atoms with van der Waals surface area (Å²) >= 11 is 0. The van der Waals surface area contributed by atoms with Gasteiger partial charge >= 0.3 is 12.2 Å². The van der Waals surface area contributed by atoms with Gasteiger partial charge in [-0.1, -0.05) is 12.5 Å². The zero-order valence-corrected chi connectivity index (χ0v) is 14.3. The molecule has 6 nitrogen and oxygen atoms in total. The number of nitrogens with zero attached hydrogens (tertiary/aromatic N) is 1. The third-order valence-electron chi connectivity index (χ3n) is 5.06. The van der Waals surface area contributed by atoms with E-state index in [0.717, 1.165) is 25.3 Å². The number of halogens is 3. The minimum absolute atomic E-state index is 0.0259. The van der Waals surface area contributed by atoms with E-state index in [0.29, 0.717) is 12.3 Å². The van der Waals surface area contributed by atoms with Crippen molar-refractivity contribution >= 4 is 17.4 Å². The maximum Gasteiger partial charge on any atom is 0.418 e. The second kappa shape index (κ2) is 6.79. The molecule has 2 aliphatic rings. The minimum atomic E-state index is -4.54. The Morgan fingerprint density at radius 3 is 2.65 bits per heavy atom. The fraction of sp³-hybridized carbons (Fsp3) is 0.529. The lowest BCUT2D eigenvalue weighted by Crippen LogP contribution is -2.48. The van der Waals surface area contributed by atoms with Crippen molar-refractivity contribution < 1.29 is 23.1 Å². The van der Waals surface area contributed by atoms with E-state index in [2.05, 4.69) is 21.2 Å². The van der Waals surface area contributed by atoms with Crippen molar-refractivity contribution in [2.75, 3.05) is 18.5 Å². The van der Waals surface area contributed by atoms with Crippen LogP contribution in [0, 0.1) is 5.41 Å². The number of hydrazone groups is 1. The van der Waals surface area contributed by atoms with Crippen LogP contribution in [-0.2, 0) is 6.18 Å². The predicted molar refractivity (Wildman–Crippen MR) is 91.0 cm³/mol. The number of aliphatic hydroxyl groups excluding tert-OH is 1. The summed E-state index contributed by atoms with van der Waals surface area (Å²) in [5.74, 6) is 0. The molecular weight excluding hydrogens is 349 g/mol. The molecule has 1 fully saturated rings. The van der Waals surface area contributed by atoms with Crippen molar-refractivity contribution in [3.05, 3.63) is 29.3 Å². The van der Waals surface area contributed by atoms with Crippen LogP contribution < -0.4 is 16.1 Å². The molecule has 1 aromatic rings. The quantitative estimate of drug-likeness (QED) is 0.643. The van der Waals surface area contributed by atoms with Crippen LogP contribution in [0.1, 0.15) is 37.3 Å². The monoisotopic (exact) mass is 370 g/mol. The summed E-state index contributed by atoms with van der Waals surface area (Å²) in [6.45, 7) is 1.90. The van der Waals surface area contributed by atoms with Crippen molar-refractivity contribution in [2.45, 2.75) is 38.4 Å². The molecule has 3 rings (SSSR count). The average molecular weight is 370 g/mol. The average Bonchev–Trinajstić information content (AvgIpc) is 2.53. The van der Waals surface area contributed by atoms with E-state index in [-0.39, 0.29) is 23.3 Å². The molecule has 142 valence electrons. The molecule has 1 heterocycles. The number of hydrogen-bond acceptors (Lipinski definition) is 4. The molecule has 26 heavy (non-hydrogen) atoms. The van der Waals surface area contributed by atoms with E-state index in [9.17, 15) is 23.1 Å². The number of hydrogen-bond donors (Lipinski definition) is 4. The van der Waals surface area contributed by atoms with Crippen molar-refractivity contribution in [1.29, 1.82) is 0 Å². The van der Waals surface area contributed by atoms with Gasteiger partial charge in [0.1, 0.15) is 0 Å². The third kappa shape index (κ3) is 3.62. The Kier molecular flexibility index (Phi) is 4.83. The summed E-state index contributed by atoms with van der Waals surface area (Å²) in [7, 11) is 0. The highest BCUT2D eigenvalue weighted by molar-refractivity contribution is 6.07. The Balaban J connectivity index is 1.88. The lowest BCUT2D eigenvalue weighted by atomic mass is 9.69. The maximum atomic E-state index is 13.5. The van der Waals surface area contributed by atoms with Crippen LogP contribution in [-0.4, -0.2) is 36.0 Å². The molecule has 0 unspecified atom stereocenters. The first-order valence-electron chi connectivity index (χ1n) is 8.45. The van der Waals surface area contributed by atoms with E-state index in [4.69, 9.17) is 0 Å². The van der Waals surface area contributed by atoms with E-state index in [1.807, 2.05) is 0 Å². The molecule has 9 heteroatoms. The highest BCUT2D eigenvalue weighted by Crippen LogP contribution is 2.42. The molecule has 1 aromatic carbocycles. The fourth-order valence-electron chi connectivity index (χ4n) is 3.26. The van der Waals surface area contributed by atoms with Gasteiger partial charge in [0, 0.05) is 23.2 Å². The van der Waals surface area contributed by atoms with Gasteiger partial charge in [-0.15, -0.1) is 0 Å². The summed E-state index contributed by atoms with van der Waals surface area (Å²) in [6, 6.07) is 2.94. The van der Waals surface area contributed by atoms with Crippen LogP contribution in [0.5, 0.6) is 0 Å². The molecule has 1 atom stereocenters. The topological polar surface area (TPSA) is 85.8 Å². The standard InChI is InChI=1S/C17H21F3N4O2/c1-10-14(23-24-15(26)22-10)11-3-4-13(12(7-11)17(18,19)20)21-8-16(9-25)5-2-6-16/h3-4,7,10,21,25H,2,5-6,8-9H2,1H3,(H2,22,24,26)/t10-/m0/s1. The van der Waals surface area contributed by atoms with E-state index in [1.165, 1.54) is 6.07 Å². The summed E-state index contributed by atoms with van der Waals surface area (Å²) in [4.78, 5) is 11.2. The highest BCUT2D eigenvalue weighted by Gasteiger charge is 2.38. The van der Waals surface area contributed by atoms with Crippen LogP contribution >= 0.6 is 0 Å². The van der Waals surface area contributed by atoms with Crippen LogP contribution in [0.4, 0.5) is 23.7 Å². The normalized spacial score (nSPS) is 22.0. The molecule has 1 saturated carbocycles. The largest absolute Gasteiger partial charge is 0.418 e. The van der Waals surface area contributed by atoms with Gasteiger partial charge in [0.25, 0.3) is 0 Å². The molecule has 1 aliphatic carbocycles. The third-order valence-corrected chi connectivity index (χ3v) is 5.06. The summed E-state index contributed by atoms with van der Waals surface area (Å²) < 4.78 is 40.6. The Morgan fingerprint density at radius 1 is 1.38 bits per heavy atom. The fourth-order valence-corrected chi connectivity index (χ4v) is 3.26. The second-order valence-electron chi connectivity index (χ2n) is 6.93. The van der Waals surface area contributed by atoms with Gasteiger partial charge in [-0.2, -0.15) is 18.3 Å². The van der Waals surface area contributed by atoms with Crippen molar-refractivity contribution in [3.63, 3.8) is 0 Å². The first-order valence-corrected chi connectivity index (χ1v) is 8.45. The Morgan fingerprint density at radius 2 is 2.12 bits per heavy atom. The Bertz CT molecular complexity index is 724. The van der Waals surface area contributed by atoms with Crippen molar-refractivity contribution in [1.82, 2.24) is 10.7 Å². The maximum absolute atomic E-state index is 13.5. The predicted octanol–water partition coefficient (Wildman–Crippen LogP) is 2.69. The number of urea groups is 1. The molecule has 0 aromatic heterocycles. The Hall–Kier alpha value is -2.29. The lowest BCUT2D eigenvalue weighted by Gasteiger charge is -2.40. The number of aliphatic hydroxyl groups is 1. The zero-order valence-electron chi connectivity index (χ0n) is 14.3. The van der Waals surface area contributed by atoms with Gasteiger partial charge in [0.05, 0.1) is 23.9 Å². The van der Waals surface area contributed by atoms with E-state index >= 15 is 0 Å². The number of amides is 2. The summed E-state index contributed by atoms with van der Waals surface area (Å²) in [5.41, 5.74) is 1.66. The van der Waals surface area contributed by atoms with Crippen LogP contribution in [0.3, 0.4) is 0 Å². The van der Waals surface area contributed by atoms with Crippen molar-refractivity contribution in [3.8, 4) is 0 Å². The van der Waals surface area contributed by atoms with Gasteiger partial charge < -0.3 is 15.7 Å². The first-order chi connectivity index (χ1) is 12.2. The minimum Gasteiger partial charge on any atom is -0.396 e. The summed E-state index contributed by atoms with van der Waals surface area (Å²) in [5, 5.41) is 18.8. The molecule has 0 saturated heterocycles. The molecule has 1 aliphatic heterocycles. The van der Waals surface area contributed by atoms with E-state index < -0.39 is 23.8 Å². The number of benzene rings is 1. The number of rotatable bonds is 5. The highest BCUT2D eigenvalue weighted by atomic mass is 19.4. The van der Waals surface area contributed by atoms with Crippen LogP contribution in [0.15, 0.2) is 23.3 Å². The molecular formula is C17H21F3N4O2. The van der Waals surface area contributed by atoms with Gasteiger partial charge in [-0.05, 0) is 31.9 Å². The number of anilines is 1. The number of carbonyl (C=O) groups is 1. The van der Waals surface area contributed by atoms with Crippen LogP contribution in [0.25, 0.3) is 0 Å². The molecule has 0 bridgehead atoms. The van der Waals surface area contributed by atoms with Crippen LogP contribution in [0.2, 0.25) is 0 Å². The van der Waals surface area contributed by atoms with Gasteiger partial charge in [-0.3, -0.25) is 0 Å². The molecule has 0 spiro atoms. The summed E-state index contributed by atoms with van der Waals surface area (Å²) in [6.07, 6.45) is -1.96. The van der Waals surface area contributed by atoms with E-state index in [1.54, 1.807) is 13.0 Å². The van der Waals surface area contributed by atoms with Gasteiger partial charge in [0.2, 0.25) is 0 Å². The number of nitrogens with one attached hydrogen (secondary N) is 3. The molecule has 4 N–H and O–H groups in total. The molecule has 2 amide bonds. The zero-order chi connectivity index (χ0) is 18.9. The SMILES string of the molecule is C[C@@H]1NC(=O)NN=C1c1ccc(NCC2(CO)CCC2)c(C(F)(F)F)c1. The number of carbonyl (C=O) groups excluding carboxylic acids is 1. The van der Waals surface area contributed by atoms with Gasteiger partial charge in [0.15, 0.2) is 0 Å².